The summed E-state index contributed by atoms with van der Waals surface area (Å²) < 4.78 is 0. The Morgan fingerprint density at radius 2 is 0.500 bits per heavy atom. The third-order valence-electron chi connectivity index (χ3n) is 8.71. The van der Waals surface area contributed by atoms with E-state index < -0.39 is 0 Å². The van der Waals surface area contributed by atoms with Gasteiger partial charge in [-0.3, -0.25) is 0 Å². The first-order valence-corrected chi connectivity index (χ1v) is 21.8. The summed E-state index contributed by atoms with van der Waals surface area (Å²) in [6.45, 7) is 9.32. The van der Waals surface area contributed by atoms with E-state index in [9.17, 15) is 0 Å². The van der Waals surface area contributed by atoms with Crippen LogP contribution < -0.4 is 10.6 Å². The summed E-state index contributed by atoms with van der Waals surface area (Å²) in [5, 5.41) is 3.44. The van der Waals surface area contributed by atoms with Gasteiger partial charge in [0.15, 0.2) is 0 Å². The molecule has 0 amide bonds. The molecule has 0 nitrogen and oxygen atoms in total. The molecule has 0 N–H and O–H groups in total. The zero-order valence-corrected chi connectivity index (χ0v) is 29.8. The van der Waals surface area contributed by atoms with E-state index in [2.05, 4.69) is 52.0 Å². The molecule has 0 spiro atoms. The van der Waals surface area contributed by atoms with Crippen molar-refractivity contribution in [2.24, 2.45) is 0 Å². The predicted molar refractivity (Wildman–Crippen MR) is 193 cm³/mol. The van der Waals surface area contributed by atoms with Gasteiger partial charge in [-0.15, -0.1) is 0 Å². The van der Waals surface area contributed by atoms with Crippen LogP contribution in [0.4, 0.5) is 0 Å². The molecule has 1 aromatic rings. The quantitative estimate of drug-likeness (QED) is 0.0617. The molecule has 0 unspecified atom stereocenters. The van der Waals surface area contributed by atoms with E-state index in [0.717, 1.165) is 0 Å². The Labute approximate surface area is 256 Å². The first-order chi connectivity index (χ1) is 19.8. The molecule has 0 aromatic heterocycles. The summed E-state index contributed by atoms with van der Waals surface area (Å²) in [5.41, 5.74) is 0. The van der Waals surface area contributed by atoms with Crippen LogP contribution in [0.5, 0.6) is 0 Å². The normalized spacial score (nSPS) is 11.8. The molecule has 0 fully saturated rings. The number of hydrogen-bond donors (Lipinski definition) is 0. The number of benzene rings is 1. The Morgan fingerprint density at radius 1 is 0.300 bits per heavy atom. The van der Waals surface area contributed by atoms with E-state index in [1.54, 1.807) is 10.6 Å². The van der Waals surface area contributed by atoms with Crippen LogP contribution in [0, 0.1) is 0 Å². The highest BCUT2D eigenvalue weighted by atomic mass is 31.1. The molecule has 0 saturated carbocycles. The number of unbranched alkanes of at least 4 members (excludes halogenated alkanes) is 20. The van der Waals surface area contributed by atoms with Crippen LogP contribution in [0.3, 0.4) is 0 Å². The van der Waals surface area contributed by atoms with Crippen LogP contribution >= 0.6 is 15.8 Å². The lowest BCUT2D eigenvalue weighted by Gasteiger charge is -2.22. The first kappa shape index (κ1) is 38.1. The van der Waals surface area contributed by atoms with E-state index in [-0.39, 0.29) is 15.8 Å². The van der Waals surface area contributed by atoms with Crippen LogP contribution in [0.1, 0.15) is 182 Å². The van der Waals surface area contributed by atoms with Gasteiger partial charge in [0, 0.05) is 0 Å². The van der Waals surface area contributed by atoms with Crippen molar-refractivity contribution >= 4 is 26.5 Å². The lowest BCUT2D eigenvalue weighted by atomic mass is 10.1. The Morgan fingerprint density at radius 3 is 0.725 bits per heavy atom. The number of rotatable bonds is 30. The van der Waals surface area contributed by atoms with Gasteiger partial charge in [0.1, 0.15) is 0 Å². The van der Waals surface area contributed by atoms with Crippen LogP contribution in [0.25, 0.3) is 0 Å². The molecule has 0 radical (unpaired) electrons. The Balaban J connectivity index is 2.72. The van der Waals surface area contributed by atoms with Crippen molar-refractivity contribution < 1.29 is 0 Å². The molecule has 234 valence electrons. The lowest BCUT2D eigenvalue weighted by molar-refractivity contribution is 0.622. The van der Waals surface area contributed by atoms with Crippen molar-refractivity contribution in [3.63, 3.8) is 0 Å². The van der Waals surface area contributed by atoms with Crippen LogP contribution in [-0.4, -0.2) is 24.6 Å². The molecule has 1 aromatic carbocycles. The number of hydrogen-bond acceptors (Lipinski definition) is 0. The minimum atomic E-state index is 0.0314. The molecule has 0 aliphatic heterocycles. The van der Waals surface area contributed by atoms with Crippen molar-refractivity contribution in [3.05, 3.63) is 24.3 Å². The largest absolute Gasteiger partial charge is 0.0753 e. The summed E-state index contributed by atoms with van der Waals surface area (Å²) >= 11 is 0. The molecule has 0 aliphatic carbocycles. The topological polar surface area (TPSA) is 0 Å². The highest BCUT2D eigenvalue weighted by molar-refractivity contribution is 7.66. The van der Waals surface area contributed by atoms with Crippen molar-refractivity contribution in [1.82, 2.24) is 0 Å². The summed E-state index contributed by atoms with van der Waals surface area (Å²) in [5.74, 6) is 0. The van der Waals surface area contributed by atoms with Crippen molar-refractivity contribution in [2.45, 2.75) is 182 Å². The van der Waals surface area contributed by atoms with Crippen molar-refractivity contribution in [2.75, 3.05) is 24.6 Å². The molecule has 40 heavy (non-hydrogen) atoms. The molecule has 0 saturated heterocycles. The third-order valence-corrected chi connectivity index (χ3v) is 14.2. The fourth-order valence-electron chi connectivity index (χ4n) is 5.95. The molecular weight excluding hydrogens is 518 g/mol. The van der Waals surface area contributed by atoms with Gasteiger partial charge >= 0.3 is 0 Å². The summed E-state index contributed by atoms with van der Waals surface area (Å²) in [6, 6.07) is 10.4. The van der Waals surface area contributed by atoms with Gasteiger partial charge in [-0.25, -0.2) is 0 Å². The van der Waals surface area contributed by atoms with E-state index in [0.29, 0.717) is 0 Å². The molecule has 0 heterocycles. The molecular formula is C38H72P2. The second kappa shape index (κ2) is 29.2. The Hall–Kier alpha value is 0.0800. The summed E-state index contributed by atoms with van der Waals surface area (Å²) in [6.07, 6.45) is 40.2. The maximum atomic E-state index is 2.60. The second-order valence-corrected chi connectivity index (χ2v) is 17.5. The van der Waals surface area contributed by atoms with E-state index in [1.807, 2.05) is 0 Å². The Kier molecular flexibility index (Phi) is 27.8. The second-order valence-electron chi connectivity index (χ2n) is 12.6. The molecule has 0 bridgehead atoms. The van der Waals surface area contributed by atoms with Gasteiger partial charge < -0.3 is 0 Å². The minimum absolute atomic E-state index is 0.0314. The monoisotopic (exact) mass is 591 g/mol. The van der Waals surface area contributed by atoms with Gasteiger partial charge in [-0.1, -0.05) is 196 Å². The highest BCUT2D eigenvalue weighted by Crippen LogP contribution is 2.40. The SMILES string of the molecule is CCCCCCCCP(CCCCCCCC)c1ccc(P(CCCCCCCC)CCCCCCCC)cc1. The maximum Gasteiger partial charge on any atom is -0.0240 e. The van der Waals surface area contributed by atoms with Crippen molar-refractivity contribution in [1.29, 1.82) is 0 Å². The van der Waals surface area contributed by atoms with Gasteiger partial charge in [0.05, 0.1) is 0 Å². The third kappa shape index (κ3) is 20.9. The molecule has 1 rings (SSSR count). The summed E-state index contributed by atoms with van der Waals surface area (Å²) in [4.78, 5) is 0. The molecule has 2 heteroatoms. The van der Waals surface area contributed by atoms with Gasteiger partial charge in [-0.2, -0.15) is 0 Å². The van der Waals surface area contributed by atoms with Crippen LogP contribution in [0.15, 0.2) is 24.3 Å². The van der Waals surface area contributed by atoms with Crippen molar-refractivity contribution in [3.8, 4) is 0 Å². The van der Waals surface area contributed by atoms with Gasteiger partial charge in [0.25, 0.3) is 0 Å². The fraction of sp³-hybridized carbons (Fsp3) is 0.842. The van der Waals surface area contributed by atoms with Crippen LogP contribution in [0.2, 0.25) is 0 Å². The molecule has 0 atom stereocenters. The summed E-state index contributed by atoms with van der Waals surface area (Å²) in [7, 11) is 0.0628. The Bertz CT molecular complexity index is 538. The predicted octanol–water partition coefficient (Wildman–Crippen LogP) is 13.3. The average Bonchev–Trinajstić information content (AvgIpc) is 2.98. The first-order valence-electron chi connectivity index (χ1n) is 18.4. The zero-order valence-electron chi connectivity index (χ0n) is 28.0. The standard InChI is InChI=1S/C38H72P2/c1-5-9-13-17-21-25-33-39(34-26-22-18-14-10-6-2)37-29-31-38(32-30-37)40(35-27-23-19-15-11-7-3)36-28-24-20-16-12-8-4/h29-32H,5-28,33-36H2,1-4H3. The highest BCUT2D eigenvalue weighted by Gasteiger charge is 2.14. The van der Waals surface area contributed by atoms with E-state index in [4.69, 9.17) is 0 Å². The van der Waals surface area contributed by atoms with E-state index >= 15 is 0 Å². The fourth-order valence-corrected chi connectivity index (χ4v) is 11.0. The smallest absolute Gasteiger partial charge is 0.0240 e. The van der Waals surface area contributed by atoms with Crippen LogP contribution in [-0.2, 0) is 0 Å². The molecule has 0 aliphatic rings. The van der Waals surface area contributed by atoms with E-state index in [1.165, 1.54) is 179 Å². The van der Waals surface area contributed by atoms with Gasteiger partial charge in [-0.05, 0) is 60.9 Å². The maximum absolute atomic E-state index is 2.60. The zero-order chi connectivity index (χ0) is 28.9. The lowest BCUT2D eigenvalue weighted by Crippen LogP contribution is -2.13. The van der Waals surface area contributed by atoms with Gasteiger partial charge in [0.2, 0.25) is 0 Å². The average molecular weight is 591 g/mol. The minimum Gasteiger partial charge on any atom is -0.0753 e.